The number of hydrazine groups is 1. The first-order valence-corrected chi connectivity index (χ1v) is 10.1. The minimum atomic E-state index is -0.389. The summed E-state index contributed by atoms with van der Waals surface area (Å²) in [6, 6.07) is 13.1. The molecule has 3 rings (SSSR count). The van der Waals surface area contributed by atoms with Crippen LogP contribution in [0.4, 0.5) is 0 Å². The second-order valence-electron chi connectivity index (χ2n) is 7.29. The van der Waals surface area contributed by atoms with Gasteiger partial charge in [0.05, 0.1) is 0 Å². The summed E-state index contributed by atoms with van der Waals surface area (Å²) >= 11 is 5.31. The van der Waals surface area contributed by atoms with E-state index < -0.39 is 0 Å². The van der Waals surface area contributed by atoms with Gasteiger partial charge in [-0.05, 0) is 54.7 Å². The number of hydrogen-bond donors (Lipinski definition) is 3. The molecule has 6 nitrogen and oxygen atoms in total. The molecular weight excluding hydrogens is 374 g/mol. The quantitative estimate of drug-likeness (QED) is 0.523. The summed E-state index contributed by atoms with van der Waals surface area (Å²) in [7, 11) is 0. The number of para-hydroxylation sites is 1. The fourth-order valence-electron chi connectivity index (χ4n) is 3.41. The average Bonchev–Trinajstić information content (AvgIpc) is 3.18. The summed E-state index contributed by atoms with van der Waals surface area (Å²) < 4.78 is 11.2. The molecular formula is C21H27N3O3S. The zero-order valence-corrected chi connectivity index (χ0v) is 17.1. The zero-order chi connectivity index (χ0) is 19.9. The molecule has 1 aliphatic rings. The molecule has 1 aromatic heterocycles. The number of furan rings is 1. The summed E-state index contributed by atoms with van der Waals surface area (Å²) in [6.07, 6.45) is 3.54. The molecule has 0 unspecified atom stereocenters. The van der Waals surface area contributed by atoms with Crippen molar-refractivity contribution < 1.29 is 13.9 Å². The Kier molecular flexibility index (Phi) is 6.92. The third-order valence-corrected chi connectivity index (χ3v) is 5.54. The summed E-state index contributed by atoms with van der Waals surface area (Å²) in [6.45, 7) is 4.76. The fraction of sp³-hybridized carbons (Fsp3) is 0.429. The van der Waals surface area contributed by atoms with Crippen LogP contribution in [-0.2, 0) is 6.61 Å². The summed E-state index contributed by atoms with van der Waals surface area (Å²) in [5, 5.41) is 3.72. The molecule has 0 aliphatic heterocycles. The third-order valence-electron chi connectivity index (χ3n) is 5.32. The van der Waals surface area contributed by atoms with E-state index in [9.17, 15) is 4.79 Å². The molecule has 0 saturated heterocycles. The number of carbonyl (C=O) groups excluding carboxylic acids is 1. The lowest BCUT2D eigenvalue weighted by molar-refractivity contribution is 0.0911. The molecule has 7 heteroatoms. The number of thiocarbonyl (C=S) groups is 1. The van der Waals surface area contributed by atoms with Crippen molar-refractivity contribution in [2.24, 2.45) is 11.8 Å². The highest BCUT2D eigenvalue weighted by molar-refractivity contribution is 7.80. The molecule has 0 bridgehead atoms. The van der Waals surface area contributed by atoms with Gasteiger partial charge in [0.25, 0.3) is 0 Å². The van der Waals surface area contributed by atoms with Gasteiger partial charge in [0.15, 0.2) is 10.9 Å². The lowest BCUT2D eigenvalue weighted by atomic mass is 9.78. The van der Waals surface area contributed by atoms with E-state index in [0.717, 1.165) is 12.2 Å². The highest BCUT2D eigenvalue weighted by atomic mass is 32.1. The van der Waals surface area contributed by atoms with Crippen molar-refractivity contribution in [1.82, 2.24) is 16.2 Å². The van der Waals surface area contributed by atoms with Crippen molar-refractivity contribution in [2.75, 3.05) is 0 Å². The smallest absolute Gasteiger partial charge is 0.305 e. The van der Waals surface area contributed by atoms with Crippen LogP contribution in [0, 0.1) is 11.8 Å². The maximum atomic E-state index is 12.2. The zero-order valence-electron chi connectivity index (χ0n) is 16.2. The lowest BCUT2D eigenvalue weighted by Crippen LogP contribution is -2.52. The van der Waals surface area contributed by atoms with Gasteiger partial charge < -0.3 is 14.5 Å². The molecule has 3 atom stereocenters. The number of ether oxygens (including phenoxy) is 1. The van der Waals surface area contributed by atoms with E-state index in [1.54, 1.807) is 12.1 Å². The predicted molar refractivity (Wildman–Crippen MR) is 112 cm³/mol. The van der Waals surface area contributed by atoms with Crippen LogP contribution in [0.3, 0.4) is 0 Å². The SMILES string of the molecule is C[C@H]1[C@@H](NC(=S)NNC(=O)c2ccc(COc3ccccc3)o2)CCC[C@@H]1C. The Labute approximate surface area is 171 Å². The molecule has 1 amide bonds. The maximum absolute atomic E-state index is 12.2. The minimum Gasteiger partial charge on any atom is -0.486 e. The molecule has 150 valence electrons. The molecule has 1 heterocycles. The van der Waals surface area contributed by atoms with Gasteiger partial charge in [0.1, 0.15) is 18.1 Å². The lowest BCUT2D eigenvalue weighted by Gasteiger charge is -2.35. The van der Waals surface area contributed by atoms with E-state index in [1.807, 2.05) is 30.3 Å². The Morgan fingerprint density at radius 2 is 1.93 bits per heavy atom. The van der Waals surface area contributed by atoms with E-state index >= 15 is 0 Å². The van der Waals surface area contributed by atoms with Gasteiger partial charge in [-0.15, -0.1) is 0 Å². The number of benzene rings is 1. The van der Waals surface area contributed by atoms with E-state index in [-0.39, 0.29) is 18.3 Å². The first-order chi connectivity index (χ1) is 13.5. The number of carbonyl (C=O) groups is 1. The van der Waals surface area contributed by atoms with Crippen LogP contribution in [0.25, 0.3) is 0 Å². The van der Waals surface area contributed by atoms with Gasteiger partial charge in [-0.3, -0.25) is 15.6 Å². The Bertz CT molecular complexity index is 793. The number of amides is 1. The van der Waals surface area contributed by atoms with Gasteiger partial charge in [0, 0.05) is 6.04 Å². The molecule has 1 fully saturated rings. The first-order valence-electron chi connectivity index (χ1n) is 9.66. The average molecular weight is 402 g/mol. The Morgan fingerprint density at radius 1 is 1.14 bits per heavy atom. The van der Waals surface area contributed by atoms with Crippen LogP contribution in [0.2, 0.25) is 0 Å². The van der Waals surface area contributed by atoms with Crippen LogP contribution in [-0.4, -0.2) is 17.1 Å². The monoisotopic (exact) mass is 401 g/mol. The van der Waals surface area contributed by atoms with Crippen molar-refractivity contribution in [3.63, 3.8) is 0 Å². The number of rotatable bonds is 5. The van der Waals surface area contributed by atoms with Crippen molar-refractivity contribution in [3.05, 3.63) is 54.0 Å². The van der Waals surface area contributed by atoms with Crippen molar-refractivity contribution in [2.45, 2.75) is 45.8 Å². The maximum Gasteiger partial charge on any atom is 0.305 e. The number of hydrogen-bond acceptors (Lipinski definition) is 4. The summed E-state index contributed by atoms with van der Waals surface area (Å²) in [4.78, 5) is 12.2. The summed E-state index contributed by atoms with van der Waals surface area (Å²) in [5.74, 6) is 2.33. The van der Waals surface area contributed by atoms with Crippen molar-refractivity contribution in [3.8, 4) is 5.75 Å². The Hall–Kier alpha value is -2.54. The second kappa shape index (κ2) is 9.59. The van der Waals surface area contributed by atoms with E-state index in [0.29, 0.717) is 28.8 Å². The van der Waals surface area contributed by atoms with Crippen molar-refractivity contribution in [1.29, 1.82) is 0 Å². The van der Waals surface area contributed by atoms with Gasteiger partial charge in [-0.1, -0.05) is 44.9 Å². The van der Waals surface area contributed by atoms with Crippen LogP contribution < -0.4 is 20.9 Å². The van der Waals surface area contributed by atoms with Gasteiger partial charge in [0.2, 0.25) is 0 Å². The van der Waals surface area contributed by atoms with Gasteiger partial charge >= 0.3 is 5.91 Å². The molecule has 1 aliphatic carbocycles. The normalized spacial score (nSPS) is 21.6. The van der Waals surface area contributed by atoms with Gasteiger partial charge in [-0.2, -0.15) is 0 Å². The van der Waals surface area contributed by atoms with Crippen LogP contribution in [0.1, 0.15) is 49.4 Å². The standard InChI is InChI=1S/C21H27N3O3S/c1-14-7-6-10-18(15(14)2)22-21(28)24-23-20(25)19-12-11-17(27-19)13-26-16-8-4-3-5-9-16/h3-5,8-9,11-12,14-15,18H,6-7,10,13H2,1-2H3,(H,23,25)(H2,22,24,28)/t14-,15+,18-/m0/s1. The van der Waals surface area contributed by atoms with E-state index in [4.69, 9.17) is 21.4 Å². The fourth-order valence-corrected chi connectivity index (χ4v) is 3.62. The topological polar surface area (TPSA) is 75.5 Å². The van der Waals surface area contributed by atoms with E-state index in [1.165, 1.54) is 12.8 Å². The molecule has 0 radical (unpaired) electrons. The third kappa shape index (κ3) is 5.48. The number of nitrogens with one attached hydrogen (secondary N) is 3. The molecule has 3 N–H and O–H groups in total. The summed E-state index contributed by atoms with van der Waals surface area (Å²) in [5.41, 5.74) is 5.33. The Morgan fingerprint density at radius 3 is 2.71 bits per heavy atom. The van der Waals surface area contributed by atoms with Crippen molar-refractivity contribution >= 4 is 23.2 Å². The molecule has 1 aromatic carbocycles. The van der Waals surface area contributed by atoms with Crippen LogP contribution >= 0.6 is 12.2 Å². The van der Waals surface area contributed by atoms with Crippen LogP contribution in [0.5, 0.6) is 5.75 Å². The predicted octanol–water partition coefficient (Wildman–Crippen LogP) is 3.79. The minimum absolute atomic E-state index is 0.196. The highest BCUT2D eigenvalue weighted by Gasteiger charge is 2.27. The van der Waals surface area contributed by atoms with Crippen LogP contribution in [0.15, 0.2) is 46.9 Å². The largest absolute Gasteiger partial charge is 0.486 e. The first kappa shape index (κ1) is 20.2. The molecule has 2 aromatic rings. The van der Waals surface area contributed by atoms with E-state index in [2.05, 4.69) is 30.0 Å². The molecule has 0 spiro atoms. The molecule has 28 heavy (non-hydrogen) atoms. The second-order valence-corrected chi connectivity index (χ2v) is 7.70. The van der Waals surface area contributed by atoms with Gasteiger partial charge in [-0.25, -0.2) is 0 Å². The molecule has 1 saturated carbocycles. The highest BCUT2D eigenvalue weighted by Crippen LogP contribution is 2.29. The Balaban J connectivity index is 1.43.